The zero-order valence-electron chi connectivity index (χ0n) is 13.7. The maximum atomic E-state index is 6.04. The third kappa shape index (κ3) is 5.50. The van der Waals surface area contributed by atoms with Crippen molar-refractivity contribution in [2.24, 2.45) is 4.99 Å². The molecule has 0 bridgehead atoms. The van der Waals surface area contributed by atoms with Crippen molar-refractivity contribution in [1.29, 1.82) is 0 Å². The summed E-state index contributed by atoms with van der Waals surface area (Å²) < 4.78 is 6.04. The molecule has 0 fully saturated rings. The molecule has 1 aromatic heterocycles. The number of rotatable bonds is 6. The zero-order chi connectivity index (χ0) is 16.0. The molecule has 0 saturated heterocycles. The average Bonchev–Trinajstić information content (AvgIpc) is 2.49. The summed E-state index contributed by atoms with van der Waals surface area (Å²) >= 11 is 0. The predicted molar refractivity (Wildman–Crippen MR) is 92.8 cm³/mol. The first kappa shape index (κ1) is 16.5. The molecule has 0 aliphatic carbocycles. The van der Waals surface area contributed by atoms with Gasteiger partial charge in [-0.25, -0.2) is 9.97 Å². The largest absolute Gasteiger partial charge is 0.415 e. The number of aliphatic imine (C=N–C) groups is 1. The molecule has 1 unspecified atom stereocenters. The van der Waals surface area contributed by atoms with Crippen molar-refractivity contribution < 1.29 is 4.43 Å². The lowest BCUT2D eigenvalue weighted by Gasteiger charge is -2.21. The fraction of sp³-hybridized carbons (Fsp3) is 0.353. The molecule has 0 amide bonds. The van der Waals surface area contributed by atoms with Crippen LogP contribution in [0.25, 0.3) is 0 Å². The van der Waals surface area contributed by atoms with E-state index in [1.54, 1.807) is 18.6 Å². The molecule has 116 valence electrons. The highest BCUT2D eigenvalue weighted by atomic mass is 28.4. The Labute approximate surface area is 133 Å². The maximum absolute atomic E-state index is 6.04. The molecule has 1 heterocycles. The number of hydrogen-bond acceptors (Lipinski definition) is 4. The summed E-state index contributed by atoms with van der Waals surface area (Å²) in [7, 11) is -1.57. The van der Waals surface area contributed by atoms with Crippen molar-refractivity contribution in [2.75, 3.05) is 6.61 Å². The summed E-state index contributed by atoms with van der Waals surface area (Å²) in [4.78, 5) is 13.2. The van der Waals surface area contributed by atoms with Crippen molar-refractivity contribution in [2.45, 2.75) is 32.6 Å². The van der Waals surface area contributed by atoms with Gasteiger partial charge in [0.2, 0.25) is 0 Å². The Hall–Kier alpha value is -1.85. The van der Waals surface area contributed by atoms with E-state index in [9.17, 15) is 0 Å². The summed E-state index contributed by atoms with van der Waals surface area (Å²) in [5.74, 6) is 0.625. The Kier molecular flexibility index (Phi) is 5.57. The van der Waals surface area contributed by atoms with Gasteiger partial charge < -0.3 is 4.43 Å². The van der Waals surface area contributed by atoms with E-state index < -0.39 is 8.32 Å². The number of hydrogen-bond donors (Lipinski definition) is 0. The highest BCUT2D eigenvalue weighted by Gasteiger charge is 2.18. The Morgan fingerprint density at radius 3 is 2.36 bits per heavy atom. The average molecular weight is 313 g/mol. The van der Waals surface area contributed by atoms with Crippen LogP contribution in [0.1, 0.15) is 23.0 Å². The molecule has 0 N–H and O–H groups in total. The van der Waals surface area contributed by atoms with Gasteiger partial charge in [-0.15, -0.1) is 0 Å². The molecule has 5 heteroatoms. The quantitative estimate of drug-likeness (QED) is 0.602. The zero-order valence-corrected chi connectivity index (χ0v) is 14.7. The van der Waals surface area contributed by atoms with Gasteiger partial charge in [-0.3, -0.25) is 4.99 Å². The van der Waals surface area contributed by atoms with E-state index in [-0.39, 0.29) is 6.04 Å². The van der Waals surface area contributed by atoms with E-state index in [1.807, 2.05) is 25.1 Å². The molecule has 22 heavy (non-hydrogen) atoms. The maximum Gasteiger partial charge on any atom is 0.183 e. The van der Waals surface area contributed by atoms with Gasteiger partial charge in [-0.05, 0) is 37.7 Å². The highest BCUT2D eigenvalue weighted by Crippen LogP contribution is 2.19. The van der Waals surface area contributed by atoms with Gasteiger partial charge in [0.1, 0.15) is 0 Å². The topological polar surface area (TPSA) is 47.4 Å². The number of benzene rings is 1. The molecule has 0 saturated carbocycles. The molecule has 0 aliphatic rings. The van der Waals surface area contributed by atoms with Crippen molar-refractivity contribution >= 4 is 14.5 Å². The van der Waals surface area contributed by atoms with Crippen LogP contribution in [-0.2, 0) is 4.43 Å². The van der Waals surface area contributed by atoms with E-state index >= 15 is 0 Å². The highest BCUT2D eigenvalue weighted by molar-refractivity contribution is 6.69. The summed E-state index contributed by atoms with van der Waals surface area (Å²) in [6, 6.07) is 10.2. The molecular formula is C17H23N3OSi. The van der Waals surface area contributed by atoms with E-state index in [1.165, 1.54) is 0 Å². The molecule has 1 atom stereocenters. The number of aromatic nitrogens is 2. The normalized spacial score (nSPS) is 13.5. The van der Waals surface area contributed by atoms with Crippen LogP contribution in [0.4, 0.5) is 0 Å². The van der Waals surface area contributed by atoms with Gasteiger partial charge in [0.25, 0.3) is 0 Å². The van der Waals surface area contributed by atoms with Gasteiger partial charge in [0, 0.05) is 12.4 Å². The van der Waals surface area contributed by atoms with Crippen LogP contribution in [0, 0.1) is 6.92 Å². The minimum absolute atomic E-state index is 0.0298. The minimum Gasteiger partial charge on any atom is -0.415 e. The molecule has 0 aliphatic heterocycles. The molecule has 2 aromatic rings. The van der Waals surface area contributed by atoms with Crippen LogP contribution < -0.4 is 0 Å². The first-order valence-electron chi connectivity index (χ1n) is 7.45. The van der Waals surface area contributed by atoms with Crippen LogP contribution in [0.2, 0.25) is 19.6 Å². The fourth-order valence-corrected chi connectivity index (χ4v) is 2.51. The second kappa shape index (κ2) is 7.42. The monoisotopic (exact) mass is 313 g/mol. The van der Waals surface area contributed by atoms with Crippen LogP contribution in [0.3, 0.4) is 0 Å². The molecular weight excluding hydrogens is 290 g/mol. The van der Waals surface area contributed by atoms with Crippen LogP contribution >= 0.6 is 0 Å². The molecule has 0 spiro atoms. The van der Waals surface area contributed by atoms with Crippen LogP contribution in [0.5, 0.6) is 0 Å². The van der Waals surface area contributed by atoms with Crippen molar-refractivity contribution in [3.8, 4) is 0 Å². The van der Waals surface area contributed by atoms with E-state index in [2.05, 4.69) is 46.7 Å². The third-order valence-corrected chi connectivity index (χ3v) is 4.06. The minimum atomic E-state index is -1.57. The first-order chi connectivity index (χ1) is 10.4. The lowest BCUT2D eigenvalue weighted by molar-refractivity contribution is 0.285. The van der Waals surface area contributed by atoms with Crippen LogP contribution in [0.15, 0.2) is 47.7 Å². The van der Waals surface area contributed by atoms with Gasteiger partial charge in [0.05, 0.1) is 18.9 Å². The SMILES string of the molecule is Cc1cnc(C=NC(CO[Si](C)(C)C)c2ccccc2)nc1. The van der Waals surface area contributed by atoms with Gasteiger partial charge in [0.15, 0.2) is 14.1 Å². The van der Waals surface area contributed by atoms with E-state index in [0.29, 0.717) is 12.4 Å². The molecule has 0 radical (unpaired) electrons. The number of aryl methyl sites for hydroxylation is 1. The third-order valence-electron chi connectivity index (χ3n) is 3.03. The Morgan fingerprint density at radius 2 is 1.77 bits per heavy atom. The Balaban J connectivity index is 2.15. The smallest absolute Gasteiger partial charge is 0.183 e. The van der Waals surface area contributed by atoms with Crippen molar-refractivity contribution in [3.63, 3.8) is 0 Å². The Morgan fingerprint density at radius 1 is 1.14 bits per heavy atom. The standard InChI is InChI=1S/C17H23N3OSi/c1-14-10-19-17(20-11-14)12-18-16(13-21-22(2,3)4)15-8-6-5-7-9-15/h5-12,16H,13H2,1-4H3. The van der Waals surface area contributed by atoms with Gasteiger partial charge in [-0.2, -0.15) is 0 Å². The van der Waals surface area contributed by atoms with Crippen LogP contribution in [-0.4, -0.2) is 31.1 Å². The summed E-state index contributed by atoms with van der Waals surface area (Å²) in [5.41, 5.74) is 2.18. The lowest BCUT2D eigenvalue weighted by Crippen LogP contribution is -2.27. The lowest BCUT2D eigenvalue weighted by atomic mass is 10.1. The summed E-state index contributed by atoms with van der Waals surface area (Å²) in [6.45, 7) is 9.10. The summed E-state index contributed by atoms with van der Waals surface area (Å²) in [6.07, 6.45) is 5.32. The molecule has 1 aromatic carbocycles. The first-order valence-corrected chi connectivity index (χ1v) is 10.9. The fourth-order valence-electron chi connectivity index (χ4n) is 1.86. The van der Waals surface area contributed by atoms with E-state index in [4.69, 9.17) is 4.43 Å². The Bertz CT molecular complexity index is 606. The predicted octanol–water partition coefficient (Wildman–Crippen LogP) is 3.80. The molecule has 4 nitrogen and oxygen atoms in total. The van der Waals surface area contributed by atoms with Crippen molar-refractivity contribution in [1.82, 2.24) is 9.97 Å². The summed E-state index contributed by atoms with van der Waals surface area (Å²) in [5, 5.41) is 0. The second-order valence-corrected chi connectivity index (χ2v) is 10.8. The second-order valence-electron chi connectivity index (χ2n) is 6.25. The van der Waals surface area contributed by atoms with Gasteiger partial charge in [-0.1, -0.05) is 30.3 Å². The molecule has 2 rings (SSSR count). The van der Waals surface area contributed by atoms with E-state index in [0.717, 1.165) is 11.1 Å². The van der Waals surface area contributed by atoms with Gasteiger partial charge >= 0.3 is 0 Å². The number of nitrogens with zero attached hydrogens (tertiary/aromatic N) is 3. The van der Waals surface area contributed by atoms with Crippen molar-refractivity contribution in [3.05, 3.63) is 59.7 Å².